The smallest absolute Gasteiger partial charge is 0.288 e. The summed E-state index contributed by atoms with van der Waals surface area (Å²) in [7, 11) is 0. The maximum Gasteiger partial charge on any atom is 0.288 e. The number of piperazine rings is 1. The monoisotopic (exact) mass is 404 g/mol. The molecule has 0 amide bonds. The molecule has 0 bridgehead atoms. The Morgan fingerprint density at radius 2 is 1.74 bits per heavy atom. The Morgan fingerprint density at radius 3 is 2.44 bits per heavy atom. The third kappa shape index (κ3) is 4.05. The normalized spacial score (nSPS) is 15.3. The second-order valence-corrected chi connectivity index (χ2v) is 7.13. The molecule has 1 aliphatic rings. The molecule has 8 heteroatoms. The van der Waals surface area contributed by atoms with Gasteiger partial charge in [0.2, 0.25) is 5.89 Å². The zero-order chi connectivity index (χ0) is 18.8. The Balaban J connectivity index is 1.42. The van der Waals surface area contributed by atoms with Crippen LogP contribution in [0.5, 0.6) is 0 Å². The van der Waals surface area contributed by atoms with Crippen LogP contribution in [0.2, 0.25) is 5.02 Å². The van der Waals surface area contributed by atoms with E-state index in [4.69, 9.17) is 28.2 Å². The summed E-state index contributed by atoms with van der Waals surface area (Å²) in [5, 5.41) is 5.06. The third-order valence-electron chi connectivity index (χ3n) is 4.61. The Labute approximate surface area is 166 Å². The molecule has 4 rings (SSSR count). The molecule has 0 saturated carbocycles. The van der Waals surface area contributed by atoms with E-state index in [9.17, 15) is 4.39 Å². The maximum atomic E-state index is 13.1. The molecule has 0 aliphatic carbocycles. The molecule has 1 fully saturated rings. The Kier molecular flexibility index (Phi) is 5.24. The summed E-state index contributed by atoms with van der Waals surface area (Å²) in [5.41, 5.74) is 1.76. The van der Waals surface area contributed by atoms with Gasteiger partial charge in [0, 0.05) is 31.9 Å². The lowest BCUT2D eigenvalue weighted by Crippen LogP contribution is -2.46. The highest BCUT2D eigenvalue weighted by molar-refractivity contribution is 7.71. The minimum atomic E-state index is -0.216. The molecule has 27 heavy (non-hydrogen) atoms. The first-order valence-corrected chi connectivity index (χ1v) is 9.44. The highest BCUT2D eigenvalue weighted by atomic mass is 35.5. The van der Waals surface area contributed by atoms with E-state index in [2.05, 4.69) is 14.9 Å². The van der Waals surface area contributed by atoms with Crippen molar-refractivity contribution in [2.45, 2.75) is 6.67 Å². The van der Waals surface area contributed by atoms with Gasteiger partial charge in [-0.1, -0.05) is 23.7 Å². The fourth-order valence-electron chi connectivity index (χ4n) is 3.13. The fraction of sp³-hybridized carbons (Fsp3) is 0.263. The van der Waals surface area contributed by atoms with Gasteiger partial charge < -0.3 is 9.32 Å². The lowest BCUT2D eigenvalue weighted by Gasteiger charge is -2.35. The molecule has 0 spiro atoms. The molecule has 3 aromatic rings. The largest absolute Gasteiger partial charge is 0.409 e. The van der Waals surface area contributed by atoms with Crippen LogP contribution in [0.25, 0.3) is 11.5 Å². The van der Waals surface area contributed by atoms with Gasteiger partial charge in [0.05, 0.1) is 17.3 Å². The van der Waals surface area contributed by atoms with Crippen molar-refractivity contribution in [1.82, 2.24) is 14.7 Å². The van der Waals surface area contributed by atoms with E-state index in [1.165, 1.54) is 12.1 Å². The van der Waals surface area contributed by atoms with Gasteiger partial charge in [-0.25, -0.2) is 9.07 Å². The number of anilines is 1. The van der Waals surface area contributed by atoms with E-state index >= 15 is 0 Å². The number of aromatic nitrogens is 2. The predicted molar refractivity (Wildman–Crippen MR) is 106 cm³/mol. The van der Waals surface area contributed by atoms with Gasteiger partial charge in [0.25, 0.3) is 4.84 Å². The van der Waals surface area contributed by atoms with Crippen LogP contribution in [-0.2, 0) is 6.67 Å². The van der Waals surface area contributed by atoms with E-state index in [-0.39, 0.29) is 5.82 Å². The highest BCUT2D eigenvalue weighted by Gasteiger charge is 2.19. The van der Waals surface area contributed by atoms with Crippen molar-refractivity contribution in [3.8, 4) is 11.5 Å². The van der Waals surface area contributed by atoms with Crippen molar-refractivity contribution in [3.05, 3.63) is 64.2 Å². The zero-order valence-corrected chi connectivity index (χ0v) is 16.1. The molecule has 1 aromatic heterocycles. The summed E-state index contributed by atoms with van der Waals surface area (Å²) >= 11 is 11.5. The number of hydrogen-bond donors (Lipinski definition) is 0. The van der Waals surface area contributed by atoms with Gasteiger partial charge in [-0.05, 0) is 48.6 Å². The summed E-state index contributed by atoms with van der Waals surface area (Å²) in [6.45, 7) is 3.98. The first-order valence-electron chi connectivity index (χ1n) is 8.66. The lowest BCUT2D eigenvalue weighted by atomic mass is 10.2. The molecule has 5 nitrogen and oxygen atoms in total. The molecular weight excluding hydrogens is 387 g/mol. The maximum absolute atomic E-state index is 13.1. The first-order chi connectivity index (χ1) is 13.1. The molecule has 0 radical (unpaired) electrons. The van der Waals surface area contributed by atoms with Crippen LogP contribution >= 0.6 is 23.8 Å². The van der Waals surface area contributed by atoms with Gasteiger partial charge in [-0.15, -0.1) is 5.10 Å². The number of hydrogen-bond acceptors (Lipinski definition) is 5. The number of halogens is 2. The molecule has 140 valence electrons. The second kappa shape index (κ2) is 7.80. The van der Waals surface area contributed by atoms with E-state index in [1.807, 2.05) is 30.3 Å². The van der Waals surface area contributed by atoms with E-state index in [0.717, 1.165) is 37.4 Å². The fourth-order valence-corrected chi connectivity index (χ4v) is 3.52. The van der Waals surface area contributed by atoms with Crippen molar-refractivity contribution in [2.24, 2.45) is 0 Å². The third-order valence-corrected chi connectivity index (χ3v) is 5.23. The van der Waals surface area contributed by atoms with Crippen LogP contribution in [0.15, 0.2) is 52.9 Å². The molecule has 2 aromatic carbocycles. The van der Waals surface area contributed by atoms with Crippen molar-refractivity contribution in [3.63, 3.8) is 0 Å². The van der Waals surface area contributed by atoms with E-state index in [0.29, 0.717) is 22.4 Å². The van der Waals surface area contributed by atoms with Crippen molar-refractivity contribution in [2.75, 3.05) is 31.1 Å². The quantitative estimate of drug-likeness (QED) is 0.601. The van der Waals surface area contributed by atoms with Crippen LogP contribution in [0.1, 0.15) is 0 Å². The number of benzene rings is 2. The molecule has 0 unspecified atom stereocenters. The molecule has 0 atom stereocenters. The predicted octanol–water partition coefficient (Wildman–Crippen LogP) is 4.44. The molecule has 1 saturated heterocycles. The lowest BCUT2D eigenvalue weighted by molar-refractivity contribution is 0.192. The minimum Gasteiger partial charge on any atom is -0.409 e. The van der Waals surface area contributed by atoms with Gasteiger partial charge in [0.1, 0.15) is 5.82 Å². The molecule has 1 aliphatic heterocycles. The van der Waals surface area contributed by atoms with Crippen molar-refractivity contribution < 1.29 is 8.81 Å². The average molecular weight is 405 g/mol. The van der Waals surface area contributed by atoms with Gasteiger partial charge in [0.15, 0.2) is 0 Å². The summed E-state index contributed by atoms with van der Waals surface area (Å²) in [4.78, 5) is 4.83. The number of nitrogens with zero attached hydrogens (tertiary/aromatic N) is 4. The van der Waals surface area contributed by atoms with Crippen LogP contribution < -0.4 is 4.90 Å². The average Bonchev–Trinajstić information content (AvgIpc) is 3.04. The van der Waals surface area contributed by atoms with E-state index < -0.39 is 0 Å². The standard InChI is InChI=1S/C19H18ClFN4OS/c20-17-4-2-1-3-16(17)18-22-25(19(27)26-18)13-23-9-11-24(12-10-23)15-7-5-14(21)6-8-15/h1-8H,9-13H2. The van der Waals surface area contributed by atoms with Crippen LogP contribution in [0.4, 0.5) is 10.1 Å². The molecule has 0 N–H and O–H groups in total. The SMILES string of the molecule is Fc1ccc(N2CCN(Cn3nc(-c4ccccc4Cl)oc3=S)CC2)cc1. The van der Waals surface area contributed by atoms with Gasteiger partial charge >= 0.3 is 0 Å². The summed E-state index contributed by atoms with van der Waals surface area (Å²) in [6, 6.07) is 14.0. The minimum absolute atomic E-state index is 0.216. The topological polar surface area (TPSA) is 37.4 Å². The zero-order valence-electron chi connectivity index (χ0n) is 14.5. The van der Waals surface area contributed by atoms with E-state index in [1.54, 1.807) is 10.7 Å². The van der Waals surface area contributed by atoms with Gasteiger partial charge in [-0.3, -0.25) is 4.90 Å². The number of rotatable bonds is 4. The van der Waals surface area contributed by atoms with Crippen LogP contribution in [0.3, 0.4) is 0 Å². The van der Waals surface area contributed by atoms with Crippen LogP contribution in [0, 0.1) is 10.7 Å². The van der Waals surface area contributed by atoms with Crippen molar-refractivity contribution >= 4 is 29.5 Å². The Bertz CT molecular complexity index is 980. The summed E-state index contributed by atoms with van der Waals surface area (Å²) in [6.07, 6.45) is 0. The van der Waals surface area contributed by atoms with Crippen LogP contribution in [-0.4, -0.2) is 40.9 Å². The molecule has 2 heterocycles. The van der Waals surface area contributed by atoms with Crippen molar-refractivity contribution in [1.29, 1.82) is 0 Å². The first kappa shape index (κ1) is 18.2. The highest BCUT2D eigenvalue weighted by Crippen LogP contribution is 2.26. The second-order valence-electron chi connectivity index (χ2n) is 6.38. The summed E-state index contributed by atoms with van der Waals surface area (Å²) < 4.78 is 20.4. The van der Waals surface area contributed by atoms with Gasteiger partial charge in [-0.2, -0.15) is 0 Å². The Hall–Kier alpha value is -2.22. The Morgan fingerprint density at radius 1 is 1.04 bits per heavy atom. The summed E-state index contributed by atoms with van der Waals surface area (Å²) in [5.74, 6) is 0.211. The molecular formula is C19H18ClFN4OS.